The molecule has 0 radical (unpaired) electrons. The molecule has 1 aromatic rings. The minimum Gasteiger partial charge on any atom is -0.504 e. The number of hydrogen-bond donors (Lipinski definition) is 2. The lowest BCUT2D eigenvalue weighted by Gasteiger charge is -2.26. The van der Waals surface area contributed by atoms with Crippen LogP contribution in [-0.4, -0.2) is 29.8 Å². The van der Waals surface area contributed by atoms with Crippen LogP contribution < -0.4 is 10.1 Å². The zero-order valence-corrected chi connectivity index (χ0v) is 11.8. The van der Waals surface area contributed by atoms with E-state index in [9.17, 15) is 5.11 Å². The second kappa shape index (κ2) is 6.34. The van der Waals surface area contributed by atoms with Gasteiger partial charge in [0.05, 0.1) is 7.11 Å². The lowest BCUT2D eigenvalue weighted by atomic mass is 10.1. The third kappa shape index (κ3) is 3.33. The van der Waals surface area contributed by atoms with Gasteiger partial charge in [-0.15, -0.1) is 0 Å². The molecule has 1 aliphatic heterocycles. The normalized spacial score (nSPS) is 21.6. The number of phenolic OH excluding ortho intramolecular Hbond substituents is 1. The molecule has 2 rings (SSSR count). The van der Waals surface area contributed by atoms with Gasteiger partial charge in [-0.1, -0.05) is 6.07 Å². The molecule has 0 amide bonds. The summed E-state index contributed by atoms with van der Waals surface area (Å²) in [5.74, 6) is 3.22. The summed E-state index contributed by atoms with van der Waals surface area (Å²) in [4.78, 5) is 0. The van der Waals surface area contributed by atoms with E-state index < -0.39 is 0 Å². The number of aromatic hydroxyl groups is 1. The molecule has 1 aromatic carbocycles. The van der Waals surface area contributed by atoms with Gasteiger partial charge in [-0.2, -0.15) is 11.8 Å². The van der Waals surface area contributed by atoms with Gasteiger partial charge in [0.2, 0.25) is 0 Å². The number of rotatable bonds is 4. The lowest BCUT2D eigenvalue weighted by molar-refractivity contribution is 0.371. The maximum absolute atomic E-state index is 9.59. The second-order valence-corrected chi connectivity index (χ2v) is 5.88. The Balaban J connectivity index is 2.01. The molecule has 2 N–H and O–H groups in total. The summed E-state index contributed by atoms with van der Waals surface area (Å²) in [5.41, 5.74) is 1.15. The topological polar surface area (TPSA) is 41.5 Å². The summed E-state index contributed by atoms with van der Waals surface area (Å²) in [6.45, 7) is 2.16. The predicted octanol–water partition coefficient (Wildman–Crippen LogP) is 2.95. The fourth-order valence-corrected chi connectivity index (χ4v) is 3.37. The lowest BCUT2D eigenvalue weighted by Crippen LogP contribution is -2.35. The van der Waals surface area contributed by atoms with Gasteiger partial charge in [0, 0.05) is 17.8 Å². The molecule has 1 saturated heterocycles. The maximum Gasteiger partial charge on any atom is 0.160 e. The molecular weight excluding hydrogens is 246 g/mol. The van der Waals surface area contributed by atoms with E-state index in [4.69, 9.17) is 4.74 Å². The van der Waals surface area contributed by atoms with Gasteiger partial charge in [-0.25, -0.2) is 0 Å². The fraction of sp³-hybridized carbons (Fsp3) is 0.571. The smallest absolute Gasteiger partial charge is 0.160 e. The van der Waals surface area contributed by atoms with Crippen LogP contribution in [0.3, 0.4) is 0 Å². The Hall–Kier alpha value is -0.870. The molecule has 0 aromatic heterocycles. The van der Waals surface area contributed by atoms with Crippen molar-refractivity contribution in [2.75, 3.05) is 18.6 Å². The Morgan fingerprint density at radius 1 is 1.50 bits per heavy atom. The molecule has 0 spiro atoms. The Morgan fingerprint density at radius 2 is 2.33 bits per heavy atom. The first-order valence-corrected chi connectivity index (χ1v) is 7.57. The molecular formula is C14H21NO2S. The summed E-state index contributed by atoms with van der Waals surface area (Å²) in [6, 6.07) is 6.43. The van der Waals surface area contributed by atoms with E-state index in [0.717, 1.165) is 5.56 Å². The highest BCUT2D eigenvalue weighted by Crippen LogP contribution is 2.29. The Morgan fingerprint density at radius 3 is 3.00 bits per heavy atom. The zero-order valence-electron chi connectivity index (χ0n) is 11.0. The van der Waals surface area contributed by atoms with Crippen LogP contribution in [-0.2, 0) is 0 Å². The second-order valence-electron chi connectivity index (χ2n) is 4.73. The molecule has 18 heavy (non-hydrogen) atoms. The van der Waals surface area contributed by atoms with E-state index in [1.165, 1.54) is 24.3 Å². The molecule has 100 valence electrons. The number of ether oxygens (including phenoxy) is 1. The molecule has 0 saturated carbocycles. The number of methoxy groups -OCH3 is 1. The first-order valence-electron chi connectivity index (χ1n) is 6.41. The van der Waals surface area contributed by atoms with Crippen molar-refractivity contribution in [1.82, 2.24) is 5.32 Å². The van der Waals surface area contributed by atoms with E-state index in [2.05, 4.69) is 12.2 Å². The molecule has 2 atom stereocenters. The largest absolute Gasteiger partial charge is 0.504 e. The van der Waals surface area contributed by atoms with Crippen molar-refractivity contribution < 1.29 is 9.84 Å². The first-order chi connectivity index (χ1) is 8.70. The number of hydrogen-bond acceptors (Lipinski definition) is 4. The highest BCUT2D eigenvalue weighted by Gasteiger charge is 2.17. The Labute approximate surface area is 113 Å². The van der Waals surface area contributed by atoms with Crippen LogP contribution in [0, 0.1) is 0 Å². The van der Waals surface area contributed by atoms with Gasteiger partial charge >= 0.3 is 0 Å². The van der Waals surface area contributed by atoms with E-state index in [-0.39, 0.29) is 11.8 Å². The molecule has 1 heterocycles. The van der Waals surface area contributed by atoms with Gasteiger partial charge in [0.1, 0.15) is 0 Å². The number of thioether (sulfide) groups is 1. The third-order valence-corrected chi connectivity index (χ3v) is 4.57. The minimum absolute atomic E-state index is 0.196. The molecule has 0 aliphatic carbocycles. The SMILES string of the molecule is COc1cc(C(C)NC2CCCSC2)ccc1O. The third-order valence-electron chi connectivity index (χ3n) is 3.35. The average molecular weight is 267 g/mol. The van der Waals surface area contributed by atoms with Crippen molar-refractivity contribution in [3.63, 3.8) is 0 Å². The predicted molar refractivity (Wildman–Crippen MR) is 76.6 cm³/mol. The monoisotopic (exact) mass is 267 g/mol. The standard InChI is InChI=1S/C14H21NO2S/c1-10(15-12-4-3-7-18-9-12)11-5-6-13(16)14(8-11)17-2/h5-6,8,10,12,15-16H,3-4,7,9H2,1-2H3. The summed E-state index contributed by atoms with van der Waals surface area (Å²) >= 11 is 2.02. The van der Waals surface area contributed by atoms with Crippen molar-refractivity contribution in [3.8, 4) is 11.5 Å². The van der Waals surface area contributed by atoms with Crippen LogP contribution in [0.1, 0.15) is 31.4 Å². The highest BCUT2D eigenvalue weighted by atomic mass is 32.2. The van der Waals surface area contributed by atoms with Crippen molar-refractivity contribution >= 4 is 11.8 Å². The van der Waals surface area contributed by atoms with Gasteiger partial charge in [0.25, 0.3) is 0 Å². The number of nitrogens with one attached hydrogen (secondary N) is 1. The molecule has 2 unspecified atom stereocenters. The van der Waals surface area contributed by atoms with Gasteiger partial charge < -0.3 is 15.2 Å². The Kier molecular flexibility index (Phi) is 4.78. The first kappa shape index (κ1) is 13.6. The van der Waals surface area contributed by atoms with Gasteiger partial charge in [-0.05, 0) is 43.2 Å². The van der Waals surface area contributed by atoms with E-state index in [1.54, 1.807) is 13.2 Å². The van der Waals surface area contributed by atoms with Gasteiger partial charge in [-0.3, -0.25) is 0 Å². The van der Waals surface area contributed by atoms with Crippen LogP contribution in [0.4, 0.5) is 0 Å². The van der Waals surface area contributed by atoms with E-state index >= 15 is 0 Å². The maximum atomic E-state index is 9.59. The van der Waals surface area contributed by atoms with Crippen LogP contribution in [0.15, 0.2) is 18.2 Å². The van der Waals surface area contributed by atoms with Gasteiger partial charge in [0.15, 0.2) is 11.5 Å². The fourth-order valence-electron chi connectivity index (χ4n) is 2.29. The summed E-state index contributed by atoms with van der Waals surface area (Å²) in [7, 11) is 1.58. The van der Waals surface area contributed by atoms with Crippen LogP contribution in [0.2, 0.25) is 0 Å². The van der Waals surface area contributed by atoms with Crippen molar-refractivity contribution in [3.05, 3.63) is 23.8 Å². The number of phenols is 1. The van der Waals surface area contributed by atoms with Crippen molar-refractivity contribution in [2.45, 2.75) is 31.8 Å². The molecule has 0 bridgehead atoms. The molecule has 3 nitrogen and oxygen atoms in total. The Bertz CT molecular complexity index is 391. The highest BCUT2D eigenvalue weighted by molar-refractivity contribution is 7.99. The molecule has 1 fully saturated rings. The quantitative estimate of drug-likeness (QED) is 0.880. The number of benzene rings is 1. The summed E-state index contributed by atoms with van der Waals surface area (Å²) in [6.07, 6.45) is 2.56. The summed E-state index contributed by atoms with van der Waals surface area (Å²) < 4.78 is 5.14. The molecule has 1 aliphatic rings. The van der Waals surface area contributed by atoms with E-state index in [0.29, 0.717) is 11.8 Å². The minimum atomic E-state index is 0.196. The van der Waals surface area contributed by atoms with Crippen LogP contribution in [0.25, 0.3) is 0 Å². The van der Waals surface area contributed by atoms with Crippen molar-refractivity contribution in [2.24, 2.45) is 0 Å². The molecule has 4 heteroatoms. The summed E-state index contributed by atoms with van der Waals surface area (Å²) in [5, 5.41) is 13.2. The zero-order chi connectivity index (χ0) is 13.0. The average Bonchev–Trinajstić information content (AvgIpc) is 2.40. The van der Waals surface area contributed by atoms with Crippen molar-refractivity contribution in [1.29, 1.82) is 0 Å². The van der Waals surface area contributed by atoms with Crippen LogP contribution >= 0.6 is 11.8 Å². The van der Waals surface area contributed by atoms with Crippen LogP contribution in [0.5, 0.6) is 11.5 Å². The van der Waals surface area contributed by atoms with E-state index in [1.807, 2.05) is 23.9 Å².